The lowest BCUT2D eigenvalue weighted by Gasteiger charge is -2.20. The maximum atomic E-state index is 12.9. The van der Waals surface area contributed by atoms with E-state index >= 15 is 0 Å². The molecule has 2 aromatic carbocycles. The van der Waals surface area contributed by atoms with Gasteiger partial charge in [0.05, 0.1) is 6.10 Å². The largest absolute Gasteiger partial charge is 0.393 e. The second-order valence-electron chi connectivity index (χ2n) is 4.59. The van der Waals surface area contributed by atoms with Gasteiger partial charge >= 0.3 is 0 Å². The SMILES string of the molecule is C[C@H](O)[C@H](Cc1ccc(F)cc1)c1ccccc1. The van der Waals surface area contributed by atoms with E-state index in [4.69, 9.17) is 0 Å². The molecule has 0 unspecified atom stereocenters. The van der Waals surface area contributed by atoms with E-state index in [1.807, 2.05) is 30.3 Å². The van der Waals surface area contributed by atoms with Crippen LogP contribution in [0.25, 0.3) is 0 Å². The van der Waals surface area contributed by atoms with Crippen LogP contribution in [0.3, 0.4) is 0 Å². The van der Waals surface area contributed by atoms with Crippen LogP contribution in [0.5, 0.6) is 0 Å². The number of rotatable bonds is 4. The van der Waals surface area contributed by atoms with Crippen molar-refractivity contribution in [3.8, 4) is 0 Å². The van der Waals surface area contributed by atoms with Crippen molar-refractivity contribution < 1.29 is 9.50 Å². The Labute approximate surface area is 107 Å². The van der Waals surface area contributed by atoms with Crippen molar-refractivity contribution >= 4 is 0 Å². The highest BCUT2D eigenvalue weighted by Crippen LogP contribution is 2.24. The van der Waals surface area contributed by atoms with Crippen molar-refractivity contribution in [2.75, 3.05) is 0 Å². The molecule has 0 saturated carbocycles. The fourth-order valence-corrected chi connectivity index (χ4v) is 2.14. The highest BCUT2D eigenvalue weighted by Gasteiger charge is 2.17. The Balaban J connectivity index is 2.19. The van der Waals surface area contributed by atoms with Crippen molar-refractivity contribution in [2.45, 2.75) is 25.4 Å². The molecule has 1 nitrogen and oxygen atoms in total. The van der Waals surface area contributed by atoms with Crippen molar-refractivity contribution in [2.24, 2.45) is 0 Å². The summed E-state index contributed by atoms with van der Waals surface area (Å²) in [5.41, 5.74) is 2.14. The summed E-state index contributed by atoms with van der Waals surface area (Å²) in [6.07, 6.45) is 0.277. The molecule has 0 saturated heterocycles. The first-order valence-corrected chi connectivity index (χ1v) is 6.14. The third kappa shape index (κ3) is 3.17. The second-order valence-corrected chi connectivity index (χ2v) is 4.59. The zero-order valence-corrected chi connectivity index (χ0v) is 10.4. The van der Waals surface area contributed by atoms with Gasteiger partial charge in [0, 0.05) is 5.92 Å². The zero-order chi connectivity index (χ0) is 13.0. The molecular weight excluding hydrogens is 227 g/mol. The van der Waals surface area contributed by atoms with Crippen LogP contribution in [0.4, 0.5) is 4.39 Å². The van der Waals surface area contributed by atoms with Gasteiger partial charge in [-0.1, -0.05) is 42.5 Å². The van der Waals surface area contributed by atoms with Gasteiger partial charge in [0.1, 0.15) is 5.82 Å². The lowest BCUT2D eigenvalue weighted by atomic mass is 9.88. The van der Waals surface area contributed by atoms with Gasteiger partial charge in [-0.15, -0.1) is 0 Å². The summed E-state index contributed by atoms with van der Waals surface area (Å²) in [7, 11) is 0. The van der Waals surface area contributed by atoms with Crippen LogP contribution in [-0.2, 0) is 6.42 Å². The number of benzene rings is 2. The Hall–Kier alpha value is -1.67. The van der Waals surface area contributed by atoms with Gasteiger partial charge in [0.15, 0.2) is 0 Å². The molecule has 2 atom stereocenters. The highest BCUT2D eigenvalue weighted by atomic mass is 19.1. The Morgan fingerprint density at radius 2 is 1.61 bits per heavy atom. The maximum absolute atomic E-state index is 12.9. The van der Waals surface area contributed by atoms with E-state index in [-0.39, 0.29) is 11.7 Å². The molecule has 0 aliphatic carbocycles. The molecule has 94 valence electrons. The first-order chi connectivity index (χ1) is 8.66. The minimum Gasteiger partial charge on any atom is -0.393 e. The molecule has 0 amide bonds. The van der Waals surface area contributed by atoms with E-state index in [2.05, 4.69) is 0 Å². The van der Waals surface area contributed by atoms with Crippen LogP contribution in [-0.4, -0.2) is 11.2 Å². The summed E-state index contributed by atoms with van der Waals surface area (Å²) in [6, 6.07) is 16.4. The topological polar surface area (TPSA) is 20.2 Å². The lowest BCUT2D eigenvalue weighted by molar-refractivity contribution is 0.161. The molecule has 0 spiro atoms. The number of aliphatic hydroxyl groups excluding tert-OH is 1. The summed E-state index contributed by atoms with van der Waals surface area (Å²) < 4.78 is 12.9. The van der Waals surface area contributed by atoms with Gasteiger partial charge in [-0.25, -0.2) is 4.39 Å². The summed E-state index contributed by atoms with van der Waals surface area (Å²) >= 11 is 0. The fourth-order valence-electron chi connectivity index (χ4n) is 2.14. The molecule has 0 aliphatic heterocycles. The summed E-state index contributed by atoms with van der Waals surface area (Å²) in [6.45, 7) is 1.79. The molecule has 2 aromatic rings. The molecule has 0 bridgehead atoms. The number of halogens is 1. The van der Waals surface area contributed by atoms with E-state index in [1.165, 1.54) is 12.1 Å². The van der Waals surface area contributed by atoms with Gasteiger partial charge in [-0.05, 0) is 36.6 Å². The van der Waals surface area contributed by atoms with E-state index in [0.717, 1.165) is 11.1 Å². The number of aliphatic hydroxyl groups is 1. The Kier molecular flexibility index (Phi) is 4.11. The molecule has 0 radical (unpaired) electrons. The predicted molar refractivity (Wildman–Crippen MR) is 71.0 cm³/mol. The highest BCUT2D eigenvalue weighted by molar-refractivity contribution is 5.25. The molecule has 2 rings (SSSR count). The molecule has 18 heavy (non-hydrogen) atoms. The van der Waals surface area contributed by atoms with Crippen LogP contribution in [0.15, 0.2) is 54.6 Å². The summed E-state index contributed by atoms with van der Waals surface area (Å²) in [4.78, 5) is 0. The first-order valence-electron chi connectivity index (χ1n) is 6.14. The van der Waals surface area contributed by atoms with Crippen molar-refractivity contribution in [1.29, 1.82) is 0 Å². The van der Waals surface area contributed by atoms with Crippen molar-refractivity contribution in [1.82, 2.24) is 0 Å². The molecule has 1 N–H and O–H groups in total. The van der Waals surface area contributed by atoms with E-state index in [1.54, 1.807) is 19.1 Å². The average molecular weight is 244 g/mol. The van der Waals surface area contributed by atoms with Gasteiger partial charge in [-0.3, -0.25) is 0 Å². The molecule has 0 heterocycles. The van der Waals surface area contributed by atoms with Crippen LogP contribution < -0.4 is 0 Å². The van der Waals surface area contributed by atoms with E-state index < -0.39 is 6.10 Å². The quantitative estimate of drug-likeness (QED) is 0.872. The number of hydrogen-bond acceptors (Lipinski definition) is 1. The minimum atomic E-state index is -0.433. The molecule has 2 heteroatoms. The monoisotopic (exact) mass is 244 g/mol. The molecule has 0 fully saturated rings. The lowest BCUT2D eigenvalue weighted by Crippen LogP contribution is -2.17. The third-order valence-corrected chi connectivity index (χ3v) is 3.18. The molecule has 0 aliphatic rings. The third-order valence-electron chi connectivity index (χ3n) is 3.18. The molecule has 0 aromatic heterocycles. The van der Waals surface area contributed by atoms with Crippen molar-refractivity contribution in [3.05, 3.63) is 71.5 Å². The predicted octanol–water partition coefficient (Wildman–Crippen LogP) is 3.53. The van der Waals surface area contributed by atoms with E-state index in [0.29, 0.717) is 6.42 Å². The standard InChI is InChI=1S/C16H17FO/c1-12(18)16(14-5-3-2-4-6-14)11-13-7-9-15(17)10-8-13/h2-10,12,16,18H,11H2,1H3/t12-,16-/m0/s1. The van der Waals surface area contributed by atoms with Crippen LogP contribution >= 0.6 is 0 Å². The first kappa shape index (κ1) is 12.8. The Bertz CT molecular complexity index is 476. The Morgan fingerprint density at radius 3 is 2.17 bits per heavy atom. The van der Waals surface area contributed by atoms with Gasteiger partial charge in [0.2, 0.25) is 0 Å². The molecular formula is C16H17FO. The second kappa shape index (κ2) is 5.78. The zero-order valence-electron chi connectivity index (χ0n) is 10.4. The Morgan fingerprint density at radius 1 is 1.00 bits per heavy atom. The van der Waals surface area contributed by atoms with Gasteiger partial charge < -0.3 is 5.11 Å². The van der Waals surface area contributed by atoms with Crippen LogP contribution in [0.2, 0.25) is 0 Å². The van der Waals surface area contributed by atoms with E-state index in [9.17, 15) is 9.50 Å². The van der Waals surface area contributed by atoms with Gasteiger partial charge in [0.25, 0.3) is 0 Å². The smallest absolute Gasteiger partial charge is 0.123 e. The fraction of sp³-hybridized carbons (Fsp3) is 0.250. The van der Waals surface area contributed by atoms with Crippen LogP contribution in [0.1, 0.15) is 24.0 Å². The van der Waals surface area contributed by atoms with Crippen molar-refractivity contribution in [3.63, 3.8) is 0 Å². The minimum absolute atomic E-state index is 0.0386. The average Bonchev–Trinajstić information content (AvgIpc) is 2.38. The summed E-state index contributed by atoms with van der Waals surface area (Å²) in [5.74, 6) is -0.191. The van der Waals surface area contributed by atoms with Crippen LogP contribution in [0, 0.1) is 5.82 Å². The number of hydrogen-bond donors (Lipinski definition) is 1. The van der Waals surface area contributed by atoms with Gasteiger partial charge in [-0.2, -0.15) is 0 Å². The normalized spacial score (nSPS) is 14.2. The maximum Gasteiger partial charge on any atom is 0.123 e. The summed E-state index contributed by atoms with van der Waals surface area (Å²) in [5, 5.41) is 9.91.